The van der Waals surface area contributed by atoms with Crippen molar-refractivity contribution < 1.29 is 13.9 Å². The summed E-state index contributed by atoms with van der Waals surface area (Å²) < 4.78 is 23.5. The summed E-state index contributed by atoms with van der Waals surface area (Å²) in [6, 6.07) is 5.06. The van der Waals surface area contributed by atoms with Crippen LogP contribution in [0.15, 0.2) is 18.2 Å². The van der Waals surface area contributed by atoms with Gasteiger partial charge in [-0.15, -0.1) is 11.6 Å². The first kappa shape index (κ1) is 14.2. The summed E-state index contributed by atoms with van der Waals surface area (Å²) >= 11 is 5.94. The second kappa shape index (κ2) is 7.48. The van der Waals surface area contributed by atoms with Crippen molar-refractivity contribution in [2.75, 3.05) is 27.4 Å². The Balaban J connectivity index is 2.46. The van der Waals surface area contributed by atoms with Gasteiger partial charge in [0.1, 0.15) is 0 Å². The maximum absolute atomic E-state index is 13.7. The van der Waals surface area contributed by atoms with Gasteiger partial charge in [-0.25, -0.2) is 4.39 Å². The van der Waals surface area contributed by atoms with E-state index in [1.807, 2.05) is 0 Å². The smallest absolute Gasteiger partial charge is 0.169 e. The molecule has 5 heteroatoms. The molecule has 3 nitrogen and oxygen atoms in total. The molecule has 1 aromatic rings. The number of benzene rings is 1. The molecule has 1 aromatic carbocycles. The third-order valence-corrected chi connectivity index (χ3v) is 2.57. The van der Waals surface area contributed by atoms with E-state index in [1.165, 1.54) is 7.11 Å². The summed E-state index contributed by atoms with van der Waals surface area (Å²) in [5.74, 6) is -0.0796. The molecule has 0 spiro atoms. The number of methoxy groups -OCH3 is 2. The number of alkyl halides is 1. The second-order valence-corrected chi connectivity index (χ2v) is 4.23. The van der Waals surface area contributed by atoms with E-state index in [0.29, 0.717) is 25.3 Å². The van der Waals surface area contributed by atoms with E-state index < -0.39 is 0 Å². The van der Waals surface area contributed by atoms with E-state index in [0.717, 1.165) is 0 Å². The number of rotatable bonds is 7. The number of ether oxygens (including phenoxy) is 2. The lowest BCUT2D eigenvalue weighted by atomic mass is 10.2. The second-order valence-electron chi connectivity index (χ2n) is 3.62. The lowest BCUT2D eigenvalue weighted by molar-refractivity contribution is 0.197. The van der Waals surface area contributed by atoms with Crippen molar-refractivity contribution in [2.45, 2.75) is 11.9 Å². The van der Waals surface area contributed by atoms with Gasteiger partial charge in [0.15, 0.2) is 11.6 Å². The summed E-state index contributed by atoms with van der Waals surface area (Å²) in [5.41, 5.74) is 0.561. The van der Waals surface area contributed by atoms with Gasteiger partial charge in [0.25, 0.3) is 0 Å². The Morgan fingerprint density at radius 2 is 2.18 bits per heavy atom. The minimum absolute atomic E-state index is 0.117. The molecule has 0 fully saturated rings. The first-order valence-corrected chi connectivity index (χ1v) is 5.77. The van der Waals surface area contributed by atoms with Crippen molar-refractivity contribution in [2.24, 2.45) is 0 Å². The molecule has 1 unspecified atom stereocenters. The van der Waals surface area contributed by atoms with Crippen LogP contribution in [-0.4, -0.2) is 32.7 Å². The fourth-order valence-corrected chi connectivity index (χ4v) is 1.69. The Morgan fingerprint density at radius 1 is 1.41 bits per heavy atom. The molecule has 1 N–H and O–H groups in total. The summed E-state index contributed by atoms with van der Waals surface area (Å²) in [6.45, 7) is 1.44. The van der Waals surface area contributed by atoms with Gasteiger partial charge in [-0.05, 0) is 6.07 Å². The van der Waals surface area contributed by atoms with Gasteiger partial charge in [0.05, 0.1) is 19.1 Å². The average molecular weight is 262 g/mol. The number of halogens is 2. The number of hydrogen-bond acceptors (Lipinski definition) is 3. The monoisotopic (exact) mass is 261 g/mol. The summed E-state index contributed by atoms with van der Waals surface area (Å²) in [6.07, 6.45) is 0. The molecule has 1 atom stereocenters. The maximum Gasteiger partial charge on any atom is 0.169 e. The van der Waals surface area contributed by atoms with Crippen LogP contribution in [0.3, 0.4) is 0 Å². The first-order chi connectivity index (χ1) is 8.19. The molecule has 0 bridgehead atoms. The topological polar surface area (TPSA) is 30.5 Å². The van der Waals surface area contributed by atoms with E-state index in [4.69, 9.17) is 21.1 Å². The maximum atomic E-state index is 13.7. The normalized spacial score (nSPS) is 12.5. The van der Waals surface area contributed by atoms with Gasteiger partial charge in [-0.3, -0.25) is 0 Å². The van der Waals surface area contributed by atoms with Crippen LogP contribution in [0.1, 0.15) is 5.56 Å². The molecule has 0 aliphatic carbocycles. The van der Waals surface area contributed by atoms with Crippen LogP contribution in [0.5, 0.6) is 5.75 Å². The van der Waals surface area contributed by atoms with Gasteiger partial charge >= 0.3 is 0 Å². The molecular weight excluding hydrogens is 245 g/mol. The molecule has 0 saturated carbocycles. The van der Waals surface area contributed by atoms with Crippen molar-refractivity contribution in [1.29, 1.82) is 0 Å². The van der Waals surface area contributed by atoms with E-state index in [-0.39, 0.29) is 16.9 Å². The first-order valence-electron chi connectivity index (χ1n) is 5.34. The van der Waals surface area contributed by atoms with Crippen molar-refractivity contribution in [3.8, 4) is 5.75 Å². The predicted molar refractivity (Wildman–Crippen MR) is 66.2 cm³/mol. The molecule has 0 aliphatic rings. The highest BCUT2D eigenvalue weighted by Crippen LogP contribution is 2.19. The van der Waals surface area contributed by atoms with Gasteiger partial charge in [0.2, 0.25) is 0 Å². The van der Waals surface area contributed by atoms with Crippen LogP contribution in [0.25, 0.3) is 0 Å². The van der Waals surface area contributed by atoms with E-state index >= 15 is 0 Å². The quantitative estimate of drug-likeness (QED) is 0.763. The Hall–Kier alpha value is -0.840. The molecule has 0 radical (unpaired) electrons. The van der Waals surface area contributed by atoms with Crippen molar-refractivity contribution >= 4 is 11.6 Å². The summed E-state index contributed by atoms with van der Waals surface area (Å²) in [5, 5.41) is 2.95. The van der Waals surface area contributed by atoms with Crippen molar-refractivity contribution in [1.82, 2.24) is 5.32 Å². The minimum Gasteiger partial charge on any atom is -0.494 e. The molecule has 1 rings (SSSR count). The molecule has 0 amide bonds. The highest BCUT2D eigenvalue weighted by Gasteiger charge is 2.08. The summed E-state index contributed by atoms with van der Waals surface area (Å²) in [7, 11) is 3.04. The SMILES string of the molecule is COCC(Cl)CNCc1cccc(OC)c1F. The Labute approximate surface area is 106 Å². The standard InChI is InChI=1S/C12H17ClFNO2/c1-16-8-10(13)7-15-6-9-4-3-5-11(17-2)12(9)14/h3-5,10,15H,6-8H2,1-2H3. The van der Waals surface area contributed by atoms with Crippen LogP contribution in [0.2, 0.25) is 0 Å². The zero-order valence-electron chi connectivity index (χ0n) is 10.0. The fraction of sp³-hybridized carbons (Fsp3) is 0.500. The molecule has 0 aliphatic heterocycles. The predicted octanol–water partition coefficient (Wildman–Crippen LogP) is 2.18. The lowest BCUT2D eigenvalue weighted by Crippen LogP contribution is -2.26. The van der Waals surface area contributed by atoms with Crippen molar-refractivity contribution in [3.05, 3.63) is 29.6 Å². The molecule has 96 valence electrons. The van der Waals surface area contributed by atoms with Gasteiger partial charge in [0, 0.05) is 25.8 Å². The van der Waals surface area contributed by atoms with Crippen LogP contribution >= 0.6 is 11.6 Å². The van der Waals surface area contributed by atoms with Gasteiger partial charge in [-0.1, -0.05) is 12.1 Å². The van der Waals surface area contributed by atoms with Crippen LogP contribution in [0, 0.1) is 5.82 Å². The van der Waals surface area contributed by atoms with Crippen LogP contribution in [0.4, 0.5) is 4.39 Å². The third-order valence-electron chi connectivity index (χ3n) is 2.29. The minimum atomic E-state index is -0.333. The molecule has 0 aromatic heterocycles. The Morgan fingerprint density at radius 3 is 2.82 bits per heavy atom. The molecule has 0 saturated heterocycles. The highest BCUT2D eigenvalue weighted by atomic mass is 35.5. The van der Waals surface area contributed by atoms with Crippen LogP contribution < -0.4 is 10.1 Å². The highest BCUT2D eigenvalue weighted by molar-refractivity contribution is 6.20. The number of hydrogen-bond donors (Lipinski definition) is 1. The molecule has 17 heavy (non-hydrogen) atoms. The summed E-state index contributed by atoms with van der Waals surface area (Å²) in [4.78, 5) is 0. The van der Waals surface area contributed by atoms with Crippen molar-refractivity contribution in [3.63, 3.8) is 0 Å². The van der Waals surface area contributed by atoms with E-state index in [2.05, 4.69) is 5.32 Å². The third kappa shape index (κ3) is 4.50. The van der Waals surface area contributed by atoms with Gasteiger partial charge < -0.3 is 14.8 Å². The largest absolute Gasteiger partial charge is 0.494 e. The van der Waals surface area contributed by atoms with Gasteiger partial charge in [-0.2, -0.15) is 0 Å². The number of nitrogens with one attached hydrogen (secondary N) is 1. The molecular formula is C12H17ClFNO2. The molecule has 0 heterocycles. The fourth-order valence-electron chi connectivity index (χ4n) is 1.45. The van der Waals surface area contributed by atoms with E-state index in [1.54, 1.807) is 25.3 Å². The zero-order chi connectivity index (χ0) is 12.7. The Bertz CT molecular complexity index is 349. The van der Waals surface area contributed by atoms with E-state index in [9.17, 15) is 4.39 Å². The van der Waals surface area contributed by atoms with Crippen LogP contribution in [-0.2, 0) is 11.3 Å². The lowest BCUT2D eigenvalue weighted by Gasteiger charge is -2.11. The Kier molecular flexibility index (Phi) is 6.26. The zero-order valence-corrected chi connectivity index (χ0v) is 10.8. The average Bonchev–Trinajstić information content (AvgIpc) is 2.32.